The first kappa shape index (κ1) is 15.9. The second-order valence-corrected chi connectivity index (χ2v) is 5.79. The summed E-state index contributed by atoms with van der Waals surface area (Å²) in [5.74, 6) is -0.350. The number of nitrogens with zero attached hydrogens (tertiary/aromatic N) is 4. The lowest BCUT2D eigenvalue weighted by molar-refractivity contribution is 0.523. The van der Waals surface area contributed by atoms with Crippen molar-refractivity contribution in [3.63, 3.8) is 0 Å². The molecule has 1 atom stereocenters. The van der Waals surface area contributed by atoms with Gasteiger partial charge in [-0.3, -0.25) is 0 Å². The van der Waals surface area contributed by atoms with E-state index in [-0.39, 0.29) is 11.5 Å². The summed E-state index contributed by atoms with van der Waals surface area (Å²) in [6, 6.07) is 11.3. The van der Waals surface area contributed by atoms with Crippen molar-refractivity contribution in [1.82, 2.24) is 19.8 Å². The van der Waals surface area contributed by atoms with E-state index in [1.807, 2.05) is 19.1 Å². The lowest BCUT2D eigenvalue weighted by Crippen LogP contribution is -2.28. The average molecular weight is 327 g/mol. The van der Waals surface area contributed by atoms with Gasteiger partial charge < -0.3 is 5.73 Å². The minimum atomic E-state index is -0.407. The zero-order valence-electron chi connectivity index (χ0n) is 13.5. The standard InChI is InChI=1S/C17H18FN5O/c1-11-8-13(6-7-16(11)19)10-22-17(24)23(21-20-22)12(2)14-4-3-5-15(18)9-14/h3-9,12H,10,19H2,1-2H3. The van der Waals surface area contributed by atoms with Gasteiger partial charge in [-0.15, -0.1) is 0 Å². The molecule has 0 aliphatic carbocycles. The van der Waals surface area contributed by atoms with Crippen LogP contribution in [0.25, 0.3) is 0 Å². The van der Waals surface area contributed by atoms with Crippen LogP contribution in [0.4, 0.5) is 10.1 Å². The van der Waals surface area contributed by atoms with Crippen LogP contribution in [0, 0.1) is 12.7 Å². The van der Waals surface area contributed by atoms with Gasteiger partial charge in [0.25, 0.3) is 0 Å². The highest BCUT2D eigenvalue weighted by Crippen LogP contribution is 2.16. The third kappa shape index (κ3) is 3.05. The number of hydrogen-bond acceptors (Lipinski definition) is 4. The SMILES string of the molecule is Cc1cc(Cn2nnn(C(C)c3cccc(F)c3)c2=O)ccc1N. The second-order valence-electron chi connectivity index (χ2n) is 5.79. The molecule has 0 bridgehead atoms. The summed E-state index contributed by atoms with van der Waals surface area (Å²) in [4.78, 5) is 12.5. The maximum Gasteiger partial charge on any atom is 0.364 e. The van der Waals surface area contributed by atoms with Crippen molar-refractivity contribution < 1.29 is 4.39 Å². The van der Waals surface area contributed by atoms with Crippen molar-refractivity contribution in [3.8, 4) is 0 Å². The summed E-state index contributed by atoms with van der Waals surface area (Å²) >= 11 is 0. The molecule has 0 aliphatic rings. The van der Waals surface area contributed by atoms with E-state index in [0.29, 0.717) is 17.8 Å². The molecule has 0 saturated heterocycles. The van der Waals surface area contributed by atoms with Gasteiger partial charge in [-0.05, 0) is 59.2 Å². The van der Waals surface area contributed by atoms with Crippen LogP contribution in [0.1, 0.15) is 29.7 Å². The molecule has 2 N–H and O–H groups in total. The van der Waals surface area contributed by atoms with Crippen LogP contribution in [0.3, 0.4) is 0 Å². The lowest BCUT2D eigenvalue weighted by Gasteiger charge is -2.10. The van der Waals surface area contributed by atoms with Crippen molar-refractivity contribution >= 4 is 5.69 Å². The second kappa shape index (κ2) is 6.27. The molecule has 0 spiro atoms. The fourth-order valence-electron chi connectivity index (χ4n) is 2.55. The Morgan fingerprint density at radius 3 is 2.71 bits per heavy atom. The van der Waals surface area contributed by atoms with Gasteiger partial charge in [0.15, 0.2) is 0 Å². The molecule has 24 heavy (non-hydrogen) atoms. The summed E-state index contributed by atoms with van der Waals surface area (Å²) in [6.45, 7) is 3.99. The van der Waals surface area contributed by atoms with E-state index in [4.69, 9.17) is 5.73 Å². The fourth-order valence-corrected chi connectivity index (χ4v) is 2.55. The molecule has 6 nitrogen and oxygen atoms in total. The van der Waals surface area contributed by atoms with Gasteiger partial charge in [0.1, 0.15) is 5.82 Å². The van der Waals surface area contributed by atoms with Gasteiger partial charge in [-0.25, -0.2) is 9.18 Å². The maximum absolute atomic E-state index is 13.4. The number of benzene rings is 2. The highest BCUT2D eigenvalue weighted by molar-refractivity contribution is 5.47. The first-order valence-corrected chi connectivity index (χ1v) is 7.58. The number of aryl methyl sites for hydroxylation is 1. The van der Waals surface area contributed by atoms with E-state index in [2.05, 4.69) is 10.4 Å². The smallest absolute Gasteiger partial charge is 0.364 e. The molecular formula is C17H18FN5O. The maximum atomic E-state index is 13.4. The van der Waals surface area contributed by atoms with Crippen LogP contribution in [0.5, 0.6) is 0 Å². The molecule has 1 heterocycles. The third-order valence-corrected chi connectivity index (χ3v) is 4.03. The zero-order chi connectivity index (χ0) is 17.3. The third-order valence-electron chi connectivity index (χ3n) is 4.03. The van der Waals surface area contributed by atoms with E-state index in [1.54, 1.807) is 25.1 Å². The molecule has 124 valence electrons. The first-order chi connectivity index (χ1) is 11.5. The number of rotatable bonds is 4. The van der Waals surface area contributed by atoms with Crippen LogP contribution < -0.4 is 11.4 Å². The molecule has 3 aromatic rings. The lowest BCUT2D eigenvalue weighted by atomic mass is 10.1. The largest absolute Gasteiger partial charge is 0.399 e. The zero-order valence-corrected chi connectivity index (χ0v) is 13.5. The molecule has 0 aliphatic heterocycles. The van der Waals surface area contributed by atoms with Gasteiger partial charge in [0.05, 0.1) is 12.6 Å². The van der Waals surface area contributed by atoms with Gasteiger partial charge in [-0.2, -0.15) is 9.36 Å². The number of halogens is 1. The van der Waals surface area contributed by atoms with E-state index in [1.165, 1.54) is 21.5 Å². The van der Waals surface area contributed by atoms with Crippen LogP contribution in [0.2, 0.25) is 0 Å². The Balaban J connectivity index is 1.88. The summed E-state index contributed by atoms with van der Waals surface area (Å²) in [5.41, 5.74) is 8.67. The minimum absolute atomic E-state index is 0.301. The van der Waals surface area contributed by atoms with E-state index < -0.39 is 6.04 Å². The quantitative estimate of drug-likeness (QED) is 0.745. The monoisotopic (exact) mass is 327 g/mol. The number of aromatic nitrogens is 4. The number of anilines is 1. The molecule has 2 aromatic carbocycles. The van der Waals surface area contributed by atoms with Crippen LogP contribution in [-0.2, 0) is 6.54 Å². The summed E-state index contributed by atoms with van der Waals surface area (Å²) in [5, 5.41) is 7.85. The Kier molecular flexibility index (Phi) is 4.16. The van der Waals surface area contributed by atoms with Crippen LogP contribution in [0.15, 0.2) is 47.3 Å². The predicted octanol–water partition coefficient (Wildman–Crippen LogP) is 2.13. The minimum Gasteiger partial charge on any atom is -0.399 e. The van der Waals surface area contributed by atoms with Crippen molar-refractivity contribution in [2.24, 2.45) is 0 Å². The van der Waals surface area contributed by atoms with Crippen LogP contribution in [-0.4, -0.2) is 19.8 Å². The molecule has 1 unspecified atom stereocenters. The topological polar surface area (TPSA) is 78.7 Å². The van der Waals surface area contributed by atoms with Crippen molar-refractivity contribution in [3.05, 3.63) is 75.5 Å². The Labute approximate surface area is 138 Å². The highest BCUT2D eigenvalue weighted by Gasteiger charge is 2.16. The molecule has 3 rings (SSSR count). The molecule has 7 heteroatoms. The van der Waals surface area contributed by atoms with Crippen molar-refractivity contribution in [1.29, 1.82) is 0 Å². The number of nitrogens with two attached hydrogens (primary N) is 1. The number of hydrogen-bond donors (Lipinski definition) is 1. The average Bonchev–Trinajstić information content (AvgIpc) is 2.91. The Bertz CT molecular complexity index is 931. The molecule has 0 fully saturated rings. The molecule has 0 saturated carbocycles. The number of nitrogen functional groups attached to an aromatic ring is 1. The molecule has 0 radical (unpaired) electrons. The van der Waals surface area contributed by atoms with Gasteiger partial charge in [-0.1, -0.05) is 24.3 Å². The molecular weight excluding hydrogens is 309 g/mol. The summed E-state index contributed by atoms with van der Waals surface area (Å²) in [7, 11) is 0. The molecule has 0 amide bonds. The van der Waals surface area contributed by atoms with E-state index >= 15 is 0 Å². The van der Waals surface area contributed by atoms with Crippen molar-refractivity contribution in [2.75, 3.05) is 5.73 Å². The fraction of sp³-hybridized carbons (Fsp3) is 0.235. The van der Waals surface area contributed by atoms with Gasteiger partial charge >= 0.3 is 5.69 Å². The summed E-state index contributed by atoms with van der Waals surface area (Å²) < 4.78 is 15.9. The molecule has 1 aromatic heterocycles. The first-order valence-electron chi connectivity index (χ1n) is 7.58. The Morgan fingerprint density at radius 2 is 2.00 bits per heavy atom. The Morgan fingerprint density at radius 1 is 1.21 bits per heavy atom. The van der Waals surface area contributed by atoms with Gasteiger partial charge in [0, 0.05) is 5.69 Å². The predicted molar refractivity (Wildman–Crippen MR) is 89.2 cm³/mol. The normalized spacial score (nSPS) is 12.3. The van der Waals surface area contributed by atoms with E-state index in [0.717, 1.165) is 11.1 Å². The number of tetrazole rings is 1. The van der Waals surface area contributed by atoms with E-state index in [9.17, 15) is 9.18 Å². The van der Waals surface area contributed by atoms with Crippen LogP contribution >= 0.6 is 0 Å². The summed E-state index contributed by atoms with van der Waals surface area (Å²) in [6.07, 6.45) is 0. The van der Waals surface area contributed by atoms with Crippen molar-refractivity contribution in [2.45, 2.75) is 26.4 Å². The highest BCUT2D eigenvalue weighted by atomic mass is 19.1. The Hall–Kier alpha value is -2.96. The van der Waals surface area contributed by atoms with Gasteiger partial charge in [0.2, 0.25) is 0 Å².